The van der Waals surface area contributed by atoms with E-state index in [0.717, 1.165) is 6.42 Å². The molecule has 0 bridgehead atoms. The molecule has 12 heavy (non-hydrogen) atoms. The molecule has 0 amide bonds. The Labute approximate surface area is 72.2 Å². The maximum absolute atomic E-state index is 9.61. The van der Waals surface area contributed by atoms with Crippen molar-refractivity contribution in [2.24, 2.45) is 0 Å². The van der Waals surface area contributed by atoms with Gasteiger partial charge in [0, 0.05) is 13.5 Å². The van der Waals surface area contributed by atoms with Crippen LogP contribution in [0.25, 0.3) is 0 Å². The fourth-order valence-corrected chi connectivity index (χ4v) is 1.82. The molecule has 0 aromatic heterocycles. The van der Waals surface area contributed by atoms with Gasteiger partial charge in [-0.3, -0.25) is 0 Å². The first-order valence-corrected chi connectivity index (χ1v) is 4.11. The van der Waals surface area contributed by atoms with Gasteiger partial charge in [0.05, 0.1) is 12.1 Å². The van der Waals surface area contributed by atoms with Crippen LogP contribution in [-0.4, -0.2) is 11.2 Å². The van der Waals surface area contributed by atoms with Crippen molar-refractivity contribution in [3.63, 3.8) is 0 Å². The highest BCUT2D eigenvalue weighted by Crippen LogP contribution is 2.30. The quantitative estimate of drug-likeness (QED) is 0.646. The van der Waals surface area contributed by atoms with Crippen LogP contribution in [0.15, 0.2) is 24.3 Å². The van der Waals surface area contributed by atoms with Crippen LogP contribution in [0, 0.1) is 7.05 Å². The number of rotatable bonds is 1. The van der Waals surface area contributed by atoms with E-state index >= 15 is 0 Å². The van der Waals surface area contributed by atoms with Gasteiger partial charge in [-0.25, -0.2) is 0 Å². The molecule has 0 saturated carbocycles. The molecule has 1 aromatic rings. The van der Waals surface area contributed by atoms with Gasteiger partial charge in [-0.15, -0.1) is 0 Å². The van der Waals surface area contributed by atoms with Crippen molar-refractivity contribution in [2.75, 3.05) is 0 Å². The van der Waals surface area contributed by atoms with Crippen LogP contribution in [0.5, 0.6) is 0 Å². The number of hydrogen-bond acceptors (Lipinski definition) is 2. The first-order valence-electron chi connectivity index (χ1n) is 4.11. The molecule has 0 spiro atoms. The van der Waals surface area contributed by atoms with Crippen molar-refractivity contribution in [2.45, 2.75) is 18.6 Å². The summed E-state index contributed by atoms with van der Waals surface area (Å²) in [5.41, 5.74) is 2.41. The number of nitrogens with one attached hydrogen (secondary N) is 1. The normalized spacial score (nSPS) is 27.2. The van der Waals surface area contributed by atoms with E-state index in [9.17, 15) is 5.11 Å². The molecule has 1 aromatic carbocycles. The van der Waals surface area contributed by atoms with Crippen LogP contribution < -0.4 is 5.32 Å². The van der Waals surface area contributed by atoms with Crippen molar-refractivity contribution >= 4 is 0 Å². The largest absolute Gasteiger partial charge is 0.391 e. The lowest BCUT2D eigenvalue weighted by molar-refractivity contribution is 0.147. The Morgan fingerprint density at radius 2 is 2.17 bits per heavy atom. The Balaban J connectivity index is 2.40. The van der Waals surface area contributed by atoms with Gasteiger partial charge in [0.15, 0.2) is 0 Å². The second kappa shape index (κ2) is 2.88. The third kappa shape index (κ3) is 1.04. The van der Waals surface area contributed by atoms with E-state index in [1.807, 2.05) is 18.2 Å². The topological polar surface area (TPSA) is 32.3 Å². The van der Waals surface area contributed by atoms with Gasteiger partial charge in [-0.1, -0.05) is 24.3 Å². The molecule has 1 radical (unpaired) electrons. The average molecular weight is 162 g/mol. The predicted molar refractivity (Wildman–Crippen MR) is 47.4 cm³/mol. The zero-order valence-electron chi connectivity index (χ0n) is 6.83. The highest BCUT2D eigenvalue weighted by Gasteiger charge is 2.28. The maximum atomic E-state index is 9.61. The Morgan fingerprint density at radius 1 is 1.42 bits per heavy atom. The molecule has 2 unspecified atom stereocenters. The number of hydrogen-bond donors (Lipinski definition) is 2. The molecule has 2 nitrogen and oxygen atoms in total. The zero-order chi connectivity index (χ0) is 8.55. The minimum absolute atomic E-state index is 0.0150. The third-order valence-corrected chi connectivity index (χ3v) is 2.42. The van der Waals surface area contributed by atoms with Gasteiger partial charge in [0.1, 0.15) is 0 Å². The summed E-state index contributed by atoms with van der Waals surface area (Å²) < 4.78 is 0. The molecular weight excluding hydrogens is 150 g/mol. The smallest absolute Gasteiger partial charge is 0.0775 e. The Hall–Kier alpha value is -0.860. The van der Waals surface area contributed by atoms with Gasteiger partial charge in [-0.05, 0) is 11.1 Å². The van der Waals surface area contributed by atoms with Crippen LogP contribution >= 0.6 is 0 Å². The molecule has 2 N–H and O–H groups in total. The van der Waals surface area contributed by atoms with E-state index in [4.69, 9.17) is 0 Å². The van der Waals surface area contributed by atoms with E-state index in [-0.39, 0.29) is 12.1 Å². The Morgan fingerprint density at radius 3 is 2.92 bits per heavy atom. The van der Waals surface area contributed by atoms with Crippen LogP contribution in [0.4, 0.5) is 0 Å². The van der Waals surface area contributed by atoms with Crippen LogP contribution in [0.3, 0.4) is 0 Å². The van der Waals surface area contributed by atoms with Crippen molar-refractivity contribution in [3.8, 4) is 0 Å². The van der Waals surface area contributed by atoms with Crippen LogP contribution in [0.2, 0.25) is 0 Å². The molecule has 0 heterocycles. The minimum atomic E-state index is -0.320. The molecular formula is C10H12NO. The summed E-state index contributed by atoms with van der Waals surface area (Å²) in [6.07, 6.45) is 0.420. The molecule has 2 rings (SSSR count). The highest BCUT2D eigenvalue weighted by atomic mass is 16.3. The average Bonchev–Trinajstić information content (AvgIpc) is 2.40. The number of aliphatic hydroxyl groups excluding tert-OH is 1. The second-order valence-corrected chi connectivity index (χ2v) is 3.15. The summed E-state index contributed by atoms with van der Waals surface area (Å²) in [7, 11) is 3.61. The Bertz CT molecular complexity index is 285. The monoisotopic (exact) mass is 162 g/mol. The fraction of sp³-hybridized carbons (Fsp3) is 0.300. The summed E-state index contributed by atoms with van der Waals surface area (Å²) in [6.45, 7) is 0. The van der Waals surface area contributed by atoms with Crippen molar-refractivity contribution in [3.05, 3.63) is 42.4 Å². The van der Waals surface area contributed by atoms with Crippen molar-refractivity contribution in [1.82, 2.24) is 5.32 Å². The SMILES string of the molecule is [CH2]NC1c2ccccc2CC1O. The van der Waals surface area contributed by atoms with E-state index in [0.29, 0.717) is 0 Å². The van der Waals surface area contributed by atoms with E-state index in [1.54, 1.807) is 0 Å². The predicted octanol–water partition coefficient (Wildman–Crippen LogP) is 1.03. The molecule has 1 aliphatic rings. The maximum Gasteiger partial charge on any atom is 0.0775 e. The first-order chi connectivity index (χ1) is 5.83. The number of aliphatic hydroxyl groups is 1. The van der Waals surface area contributed by atoms with Gasteiger partial charge >= 0.3 is 0 Å². The lowest BCUT2D eigenvalue weighted by Gasteiger charge is -2.13. The molecule has 2 atom stereocenters. The molecule has 2 heteroatoms. The summed E-state index contributed by atoms with van der Waals surface area (Å²) in [5.74, 6) is 0. The van der Waals surface area contributed by atoms with Crippen LogP contribution in [-0.2, 0) is 6.42 Å². The molecule has 0 fully saturated rings. The van der Waals surface area contributed by atoms with Gasteiger partial charge in [0.2, 0.25) is 0 Å². The third-order valence-electron chi connectivity index (χ3n) is 2.42. The summed E-state index contributed by atoms with van der Waals surface area (Å²) in [4.78, 5) is 0. The lowest BCUT2D eigenvalue weighted by Crippen LogP contribution is -2.23. The lowest BCUT2D eigenvalue weighted by atomic mass is 10.1. The van der Waals surface area contributed by atoms with Crippen molar-refractivity contribution in [1.29, 1.82) is 0 Å². The molecule has 0 saturated heterocycles. The van der Waals surface area contributed by atoms with Gasteiger partial charge in [0.25, 0.3) is 0 Å². The summed E-state index contributed by atoms with van der Waals surface area (Å²) in [5, 5.41) is 12.5. The molecule has 1 aliphatic carbocycles. The standard InChI is InChI=1S/C10H12NO/c1-11-10-8-5-3-2-4-7(8)6-9(10)12/h2-5,9-12H,1,6H2. The van der Waals surface area contributed by atoms with Gasteiger partial charge in [-0.2, -0.15) is 0 Å². The fourth-order valence-electron chi connectivity index (χ4n) is 1.82. The highest BCUT2D eigenvalue weighted by molar-refractivity contribution is 5.36. The van der Waals surface area contributed by atoms with Crippen molar-refractivity contribution < 1.29 is 5.11 Å². The van der Waals surface area contributed by atoms with E-state index in [1.165, 1.54) is 11.1 Å². The number of fused-ring (bicyclic) bond motifs is 1. The summed E-state index contributed by atoms with van der Waals surface area (Å²) >= 11 is 0. The number of benzene rings is 1. The first kappa shape index (κ1) is 7.77. The van der Waals surface area contributed by atoms with E-state index in [2.05, 4.69) is 18.4 Å². The zero-order valence-corrected chi connectivity index (χ0v) is 6.83. The van der Waals surface area contributed by atoms with E-state index < -0.39 is 0 Å². The van der Waals surface area contributed by atoms with Crippen LogP contribution in [0.1, 0.15) is 17.2 Å². The van der Waals surface area contributed by atoms with Gasteiger partial charge < -0.3 is 10.4 Å². The summed E-state index contributed by atoms with van der Waals surface area (Å²) in [6, 6.07) is 8.09. The second-order valence-electron chi connectivity index (χ2n) is 3.15. The molecule has 63 valence electrons. The Kier molecular flexibility index (Phi) is 1.87. The minimum Gasteiger partial charge on any atom is -0.391 e. The molecule has 0 aliphatic heterocycles.